The van der Waals surface area contributed by atoms with Crippen LogP contribution in [0.1, 0.15) is 41.7 Å². The molecular weight excluding hydrogens is 286 g/mol. The van der Waals surface area contributed by atoms with Crippen LogP contribution in [0, 0.1) is 0 Å². The van der Waals surface area contributed by atoms with Gasteiger partial charge < -0.3 is 10.6 Å². The molecule has 1 aromatic heterocycles. The number of nitrogens with two attached hydrogens (primary N) is 1. The predicted octanol–water partition coefficient (Wildman–Crippen LogP) is 3.29. The van der Waals surface area contributed by atoms with Gasteiger partial charge in [0.2, 0.25) is 0 Å². The van der Waals surface area contributed by atoms with E-state index in [0.717, 1.165) is 32.2 Å². The molecule has 0 bridgehead atoms. The number of hydrogen-bond donors (Lipinski definition) is 1. The zero-order chi connectivity index (χ0) is 16.1. The molecule has 120 valence electrons. The lowest BCUT2D eigenvalue weighted by Gasteiger charge is -2.35. The van der Waals surface area contributed by atoms with Crippen molar-refractivity contribution in [2.45, 2.75) is 38.1 Å². The summed E-state index contributed by atoms with van der Waals surface area (Å²) in [5.74, 6) is 0.406. The maximum atomic E-state index is 12.8. The van der Waals surface area contributed by atoms with Crippen molar-refractivity contribution < 1.29 is 4.79 Å². The van der Waals surface area contributed by atoms with Crippen molar-refractivity contribution in [1.82, 2.24) is 9.88 Å². The normalized spacial score (nSPS) is 17.9. The second kappa shape index (κ2) is 7.27. The van der Waals surface area contributed by atoms with Crippen LogP contribution in [0.4, 0.5) is 5.82 Å². The van der Waals surface area contributed by atoms with Crippen LogP contribution in [0.15, 0.2) is 48.5 Å². The molecule has 0 spiro atoms. The molecule has 2 aromatic rings. The first kappa shape index (κ1) is 15.5. The van der Waals surface area contributed by atoms with E-state index in [1.807, 2.05) is 11.0 Å². The van der Waals surface area contributed by atoms with Crippen molar-refractivity contribution in [3.63, 3.8) is 0 Å². The van der Waals surface area contributed by atoms with Crippen molar-refractivity contribution in [2.75, 3.05) is 12.3 Å². The van der Waals surface area contributed by atoms with Gasteiger partial charge in [0.25, 0.3) is 5.91 Å². The summed E-state index contributed by atoms with van der Waals surface area (Å²) in [6, 6.07) is 16.0. The van der Waals surface area contributed by atoms with Crippen molar-refractivity contribution in [1.29, 1.82) is 0 Å². The number of hydrogen-bond acceptors (Lipinski definition) is 3. The van der Waals surface area contributed by atoms with Gasteiger partial charge in [-0.3, -0.25) is 4.79 Å². The number of anilines is 1. The molecule has 23 heavy (non-hydrogen) atoms. The SMILES string of the molecule is Nc1cccc(C(=O)N2CCCCC2CCc2ccccc2)n1. The first-order valence-corrected chi connectivity index (χ1v) is 8.31. The van der Waals surface area contributed by atoms with Gasteiger partial charge in [0.05, 0.1) is 0 Å². The molecule has 2 N–H and O–H groups in total. The number of aryl methyl sites for hydroxylation is 1. The average molecular weight is 309 g/mol. The van der Waals surface area contributed by atoms with Crippen molar-refractivity contribution >= 4 is 11.7 Å². The minimum atomic E-state index is 0.00932. The molecule has 1 aliphatic heterocycles. The smallest absolute Gasteiger partial charge is 0.272 e. The molecule has 0 aliphatic carbocycles. The van der Waals surface area contributed by atoms with Gasteiger partial charge in [-0.2, -0.15) is 0 Å². The summed E-state index contributed by atoms with van der Waals surface area (Å²) in [5.41, 5.74) is 7.50. The summed E-state index contributed by atoms with van der Waals surface area (Å²) in [6.45, 7) is 0.814. The second-order valence-electron chi connectivity index (χ2n) is 6.12. The highest BCUT2D eigenvalue weighted by Gasteiger charge is 2.27. The number of amides is 1. The summed E-state index contributed by atoms with van der Waals surface area (Å²) in [7, 11) is 0. The second-order valence-corrected chi connectivity index (χ2v) is 6.12. The fraction of sp³-hybridized carbons (Fsp3) is 0.368. The molecule has 1 atom stereocenters. The minimum Gasteiger partial charge on any atom is -0.384 e. The standard InChI is InChI=1S/C19H23N3O/c20-18-11-6-10-17(21-18)19(23)22-14-5-4-9-16(22)13-12-15-7-2-1-3-8-15/h1-3,6-8,10-11,16H,4-5,9,12-14H2,(H2,20,21). The number of pyridine rings is 1. The number of piperidine rings is 1. The summed E-state index contributed by atoms with van der Waals surface area (Å²) in [5, 5.41) is 0. The van der Waals surface area contributed by atoms with Gasteiger partial charge in [0, 0.05) is 12.6 Å². The Kier molecular flexibility index (Phi) is 4.91. The van der Waals surface area contributed by atoms with Crippen LogP contribution < -0.4 is 5.73 Å². The first-order chi connectivity index (χ1) is 11.2. The third-order valence-electron chi connectivity index (χ3n) is 4.49. The molecule has 0 saturated carbocycles. The molecule has 1 fully saturated rings. The van der Waals surface area contributed by atoms with Crippen LogP contribution in [0.3, 0.4) is 0 Å². The van der Waals surface area contributed by atoms with Crippen LogP contribution in [-0.4, -0.2) is 28.4 Å². The molecule has 2 heterocycles. The fourth-order valence-electron chi connectivity index (χ4n) is 3.26. The first-order valence-electron chi connectivity index (χ1n) is 8.31. The Morgan fingerprint density at radius 1 is 1.13 bits per heavy atom. The lowest BCUT2D eigenvalue weighted by molar-refractivity contribution is 0.0596. The number of nitrogens with zero attached hydrogens (tertiary/aromatic N) is 2. The van der Waals surface area contributed by atoms with E-state index in [1.54, 1.807) is 18.2 Å². The largest absolute Gasteiger partial charge is 0.384 e. The number of rotatable bonds is 4. The molecule has 4 heteroatoms. The van der Waals surface area contributed by atoms with Crippen LogP contribution in [-0.2, 0) is 6.42 Å². The van der Waals surface area contributed by atoms with Crippen molar-refractivity contribution in [3.05, 3.63) is 59.8 Å². The Morgan fingerprint density at radius 3 is 2.74 bits per heavy atom. The van der Waals surface area contributed by atoms with Crippen LogP contribution in [0.25, 0.3) is 0 Å². The van der Waals surface area contributed by atoms with Gasteiger partial charge in [0.15, 0.2) is 0 Å². The summed E-state index contributed by atoms with van der Waals surface area (Å²) in [4.78, 5) is 19.0. The van der Waals surface area contributed by atoms with Gasteiger partial charge in [-0.05, 0) is 49.8 Å². The maximum absolute atomic E-state index is 12.8. The molecule has 1 amide bonds. The van der Waals surface area contributed by atoms with E-state index in [4.69, 9.17) is 5.73 Å². The molecule has 1 aliphatic rings. The van der Waals surface area contributed by atoms with E-state index in [1.165, 1.54) is 12.0 Å². The number of likely N-dealkylation sites (tertiary alicyclic amines) is 1. The van der Waals surface area contributed by atoms with E-state index in [0.29, 0.717) is 17.6 Å². The number of benzene rings is 1. The van der Waals surface area contributed by atoms with E-state index in [9.17, 15) is 4.79 Å². The van der Waals surface area contributed by atoms with Crippen LogP contribution >= 0.6 is 0 Å². The molecule has 1 saturated heterocycles. The quantitative estimate of drug-likeness (QED) is 0.942. The molecular formula is C19H23N3O. The molecule has 1 aromatic carbocycles. The minimum absolute atomic E-state index is 0.00932. The number of aromatic nitrogens is 1. The van der Waals surface area contributed by atoms with Gasteiger partial charge in [0.1, 0.15) is 11.5 Å². The van der Waals surface area contributed by atoms with Crippen molar-refractivity contribution in [2.24, 2.45) is 0 Å². The Labute approximate surface area is 137 Å². The Bertz CT molecular complexity index is 657. The van der Waals surface area contributed by atoms with Gasteiger partial charge in [-0.1, -0.05) is 36.4 Å². The average Bonchev–Trinajstić information content (AvgIpc) is 2.60. The number of carbonyl (C=O) groups excluding carboxylic acids is 1. The summed E-state index contributed by atoms with van der Waals surface area (Å²) < 4.78 is 0. The third-order valence-corrected chi connectivity index (χ3v) is 4.49. The van der Waals surface area contributed by atoms with Gasteiger partial charge in [-0.25, -0.2) is 4.98 Å². The van der Waals surface area contributed by atoms with Crippen LogP contribution in [0.5, 0.6) is 0 Å². The van der Waals surface area contributed by atoms with E-state index >= 15 is 0 Å². The van der Waals surface area contributed by atoms with Gasteiger partial charge in [-0.15, -0.1) is 0 Å². The fourth-order valence-corrected chi connectivity index (χ4v) is 3.26. The molecule has 3 rings (SSSR count). The summed E-state index contributed by atoms with van der Waals surface area (Å²) >= 11 is 0. The lowest BCUT2D eigenvalue weighted by Crippen LogP contribution is -2.44. The highest BCUT2D eigenvalue weighted by atomic mass is 16.2. The lowest BCUT2D eigenvalue weighted by atomic mass is 9.95. The third kappa shape index (κ3) is 3.89. The molecule has 0 radical (unpaired) electrons. The zero-order valence-electron chi connectivity index (χ0n) is 13.3. The molecule has 4 nitrogen and oxygen atoms in total. The van der Waals surface area contributed by atoms with Crippen LogP contribution in [0.2, 0.25) is 0 Å². The Hall–Kier alpha value is -2.36. The topological polar surface area (TPSA) is 59.2 Å². The number of carbonyl (C=O) groups is 1. The summed E-state index contributed by atoms with van der Waals surface area (Å²) in [6.07, 6.45) is 5.32. The van der Waals surface area contributed by atoms with Gasteiger partial charge >= 0.3 is 0 Å². The highest BCUT2D eigenvalue weighted by molar-refractivity contribution is 5.92. The maximum Gasteiger partial charge on any atom is 0.272 e. The number of nitrogen functional groups attached to an aromatic ring is 1. The van der Waals surface area contributed by atoms with Crippen molar-refractivity contribution in [3.8, 4) is 0 Å². The monoisotopic (exact) mass is 309 g/mol. The Balaban J connectivity index is 1.69. The van der Waals surface area contributed by atoms with E-state index in [2.05, 4.69) is 29.2 Å². The van der Waals surface area contributed by atoms with E-state index in [-0.39, 0.29) is 5.91 Å². The molecule has 1 unspecified atom stereocenters. The zero-order valence-corrected chi connectivity index (χ0v) is 13.3. The highest BCUT2D eigenvalue weighted by Crippen LogP contribution is 2.23. The Morgan fingerprint density at radius 2 is 1.96 bits per heavy atom. The van der Waals surface area contributed by atoms with E-state index < -0.39 is 0 Å². The predicted molar refractivity (Wildman–Crippen MR) is 92.1 cm³/mol.